The first-order chi connectivity index (χ1) is 23.5. The summed E-state index contributed by atoms with van der Waals surface area (Å²) in [6.45, 7) is 4.21. The van der Waals surface area contributed by atoms with Gasteiger partial charge in [0.25, 0.3) is 0 Å². The standard InChI is InChI=1S/C39H70NO8P/c1-6-8-10-12-14-16-18-19-20-21-22-24-25-27-29-31-38(41)45-35-37(36-47-49(43,44)46-34-33-40(3,4)5)48-39(42)32-30-28-26-23-17-15-13-11-9-7-2/h8,10,14,16,19-20,22,24,37H,6-7,9,11-13,15,17-18,21,23,25-36H2,1-5H3/p+1/b10-8-,16-14-,20-19-,24-22-/t37-/m1/s1. The van der Waals surface area contributed by atoms with E-state index >= 15 is 0 Å². The lowest BCUT2D eigenvalue weighted by molar-refractivity contribution is -0.870. The van der Waals surface area contributed by atoms with E-state index < -0.39 is 32.5 Å². The summed E-state index contributed by atoms with van der Waals surface area (Å²) in [5.41, 5.74) is 0. The smallest absolute Gasteiger partial charge is 0.462 e. The molecule has 0 aromatic heterocycles. The quantitative estimate of drug-likeness (QED) is 0.0236. The first-order valence-electron chi connectivity index (χ1n) is 18.9. The van der Waals surface area contributed by atoms with Crippen LogP contribution in [0.1, 0.15) is 136 Å². The molecule has 0 aliphatic rings. The van der Waals surface area contributed by atoms with E-state index in [0.29, 0.717) is 23.9 Å². The molecule has 49 heavy (non-hydrogen) atoms. The third kappa shape index (κ3) is 35.6. The van der Waals surface area contributed by atoms with Gasteiger partial charge in [-0.1, -0.05) is 120 Å². The van der Waals surface area contributed by atoms with Gasteiger partial charge in [0, 0.05) is 12.8 Å². The Bertz CT molecular complexity index is 986. The minimum Gasteiger partial charge on any atom is -0.462 e. The Morgan fingerprint density at radius 1 is 0.653 bits per heavy atom. The molecule has 2 atom stereocenters. The second kappa shape index (κ2) is 31.9. The van der Waals surface area contributed by atoms with Crippen LogP contribution in [0, 0.1) is 0 Å². The first kappa shape index (κ1) is 47.0. The van der Waals surface area contributed by atoms with E-state index in [9.17, 15) is 19.0 Å². The molecule has 0 aromatic rings. The van der Waals surface area contributed by atoms with E-state index in [-0.39, 0.29) is 26.1 Å². The fourth-order valence-electron chi connectivity index (χ4n) is 4.65. The maximum absolute atomic E-state index is 12.6. The average Bonchev–Trinajstić information content (AvgIpc) is 3.04. The van der Waals surface area contributed by atoms with Crippen molar-refractivity contribution < 1.29 is 42.1 Å². The van der Waals surface area contributed by atoms with Crippen molar-refractivity contribution in [2.75, 3.05) is 47.5 Å². The SMILES string of the molecule is CC/C=C\C/C=C\C/C=C\C/C=C\CCCCC(=O)OC[C@H](COP(=O)(O)OCC[N+](C)(C)C)OC(=O)CCCCCCCCCCCC. The predicted octanol–water partition coefficient (Wildman–Crippen LogP) is 9.96. The van der Waals surface area contributed by atoms with Crippen molar-refractivity contribution in [2.24, 2.45) is 0 Å². The van der Waals surface area contributed by atoms with Gasteiger partial charge in [-0.15, -0.1) is 0 Å². The van der Waals surface area contributed by atoms with Crippen LogP contribution in [0.5, 0.6) is 0 Å². The summed E-state index contributed by atoms with van der Waals surface area (Å²) >= 11 is 0. The van der Waals surface area contributed by atoms with Gasteiger partial charge in [-0.05, 0) is 51.4 Å². The minimum absolute atomic E-state index is 0.0242. The van der Waals surface area contributed by atoms with Crippen LogP contribution < -0.4 is 0 Å². The highest BCUT2D eigenvalue weighted by Gasteiger charge is 2.27. The zero-order chi connectivity index (χ0) is 36.5. The lowest BCUT2D eigenvalue weighted by Gasteiger charge is -2.24. The molecule has 0 heterocycles. The summed E-state index contributed by atoms with van der Waals surface area (Å²) in [6, 6.07) is 0. The first-order valence-corrected chi connectivity index (χ1v) is 20.4. The molecule has 0 aliphatic carbocycles. The van der Waals surface area contributed by atoms with Crippen molar-refractivity contribution in [3.05, 3.63) is 48.6 Å². The lowest BCUT2D eigenvalue weighted by atomic mass is 10.1. The number of phosphoric ester groups is 1. The third-order valence-electron chi connectivity index (χ3n) is 7.62. The molecule has 0 bridgehead atoms. The summed E-state index contributed by atoms with van der Waals surface area (Å²) in [6.07, 6.45) is 34.5. The van der Waals surface area contributed by atoms with Gasteiger partial charge >= 0.3 is 19.8 Å². The van der Waals surface area contributed by atoms with Crippen LogP contribution in [0.15, 0.2) is 48.6 Å². The highest BCUT2D eigenvalue weighted by molar-refractivity contribution is 7.47. The Hall–Kier alpha value is -2.03. The second-order valence-electron chi connectivity index (χ2n) is 13.6. The van der Waals surface area contributed by atoms with Crippen LogP contribution >= 0.6 is 7.82 Å². The fraction of sp³-hybridized carbons (Fsp3) is 0.744. The van der Waals surface area contributed by atoms with Gasteiger partial charge < -0.3 is 18.9 Å². The summed E-state index contributed by atoms with van der Waals surface area (Å²) < 4.78 is 34.1. The average molecular weight is 713 g/mol. The number of unbranched alkanes of at least 4 members (excludes halogenated alkanes) is 11. The normalized spacial score (nSPS) is 14.3. The second-order valence-corrected chi connectivity index (χ2v) is 15.0. The lowest BCUT2D eigenvalue weighted by Crippen LogP contribution is -2.37. The fourth-order valence-corrected chi connectivity index (χ4v) is 5.39. The molecule has 0 radical (unpaired) electrons. The van der Waals surface area contributed by atoms with Crippen molar-refractivity contribution in [1.29, 1.82) is 0 Å². The molecule has 10 heteroatoms. The van der Waals surface area contributed by atoms with E-state index in [1.165, 1.54) is 38.5 Å². The Morgan fingerprint density at radius 3 is 1.73 bits per heavy atom. The number of nitrogens with zero attached hydrogens (tertiary/aromatic N) is 1. The number of carbonyl (C=O) groups excluding carboxylic acids is 2. The van der Waals surface area contributed by atoms with Gasteiger partial charge in [-0.2, -0.15) is 0 Å². The molecule has 0 aromatic carbocycles. The van der Waals surface area contributed by atoms with Crippen LogP contribution in [0.4, 0.5) is 0 Å². The predicted molar refractivity (Wildman–Crippen MR) is 201 cm³/mol. The number of rotatable bonds is 33. The topological polar surface area (TPSA) is 108 Å². The largest absolute Gasteiger partial charge is 0.472 e. The van der Waals surface area contributed by atoms with E-state index in [4.69, 9.17) is 18.5 Å². The van der Waals surface area contributed by atoms with Gasteiger partial charge in [0.15, 0.2) is 6.10 Å². The number of phosphoric acid groups is 1. The summed E-state index contributed by atoms with van der Waals surface area (Å²) in [5.74, 6) is -0.854. The number of likely N-dealkylation sites (N-methyl/N-ethyl adjacent to an activating group) is 1. The highest BCUT2D eigenvalue weighted by Crippen LogP contribution is 2.43. The molecule has 1 unspecified atom stereocenters. The number of hydrogen-bond donors (Lipinski definition) is 1. The van der Waals surface area contributed by atoms with Crippen LogP contribution in [-0.4, -0.2) is 74.9 Å². The van der Waals surface area contributed by atoms with Crippen LogP contribution in [0.2, 0.25) is 0 Å². The maximum atomic E-state index is 12.6. The molecule has 0 aliphatic heterocycles. The number of ether oxygens (including phenoxy) is 2. The van der Waals surface area contributed by atoms with Crippen molar-refractivity contribution in [3.63, 3.8) is 0 Å². The Balaban J connectivity index is 4.51. The molecule has 0 saturated carbocycles. The minimum atomic E-state index is -4.37. The van der Waals surface area contributed by atoms with Crippen LogP contribution in [-0.2, 0) is 32.7 Å². The monoisotopic (exact) mass is 712 g/mol. The van der Waals surface area contributed by atoms with Gasteiger partial charge in [-0.3, -0.25) is 18.6 Å². The summed E-state index contributed by atoms with van der Waals surface area (Å²) in [4.78, 5) is 35.1. The van der Waals surface area contributed by atoms with Crippen molar-refractivity contribution in [1.82, 2.24) is 0 Å². The van der Waals surface area contributed by atoms with Crippen molar-refractivity contribution in [3.8, 4) is 0 Å². The van der Waals surface area contributed by atoms with E-state index in [2.05, 4.69) is 62.5 Å². The van der Waals surface area contributed by atoms with E-state index in [1.54, 1.807) is 0 Å². The Kier molecular flexibility index (Phi) is 30.6. The summed E-state index contributed by atoms with van der Waals surface area (Å²) in [7, 11) is 1.45. The molecule has 0 spiro atoms. The zero-order valence-corrected chi connectivity index (χ0v) is 32.6. The van der Waals surface area contributed by atoms with Gasteiger partial charge in [0.2, 0.25) is 0 Å². The molecule has 9 nitrogen and oxygen atoms in total. The third-order valence-corrected chi connectivity index (χ3v) is 8.61. The summed E-state index contributed by atoms with van der Waals surface area (Å²) in [5, 5.41) is 0. The number of quaternary nitrogens is 1. The van der Waals surface area contributed by atoms with E-state index in [0.717, 1.165) is 57.8 Å². The van der Waals surface area contributed by atoms with Crippen LogP contribution in [0.3, 0.4) is 0 Å². The maximum Gasteiger partial charge on any atom is 0.472 e. The highest BCUT2D eigenvalue weighted by atomic mass is 31.2. The zero-order valence-electron chi connectivity index (χ0n) is 31.7. The van der Waals surface area contributed by atoms with Gasteiger partial charge in [0.05, 0.1) is 27.7 Å². The number of allylic oxidation sites excluding steroid dienone is 8. The number of esters is 2. The Labute approximate surface area is 299 Å². The molecule has 284 valence electrons. The van der Waals surface area contributed by atoms with Crippen molar-refractivity contribution >= 4 is 19.8 Å². The number of carbonyl (C=O) groups is 2. The van der Waals surface area contributed by atoms with Crippen molar-refractivity contribution in [2.45, 2.75) is 142 Å². The van der Waals surface area contributed by atoms with Gasteiger partial charge in [0.1, 0.15) is 19.8 Å². The molecule has 0 saturated heterocycles. The molecule has 0 amide bonds. The number of hydrogen-bond acceptors (Lipinski definition) is 7. The molecular weight excluding hydrogens is 641 g/mol. The van der Waals surface area contributed by atoms with Crippen LogP contribution in [0.25, 0.3) is 0 Å². The molecule has 0 fully saturated rings. The molecule has 0 rings (SSSR count). The van der Waals surface area contributed by atoms with E-state index in [1.807, 2.05) is 21.1 Å². The molecular formula is C39H71NO8P+. The Morgan fingerprint density at radius 2 is 1.16 bits per heavy atom. The molecule has 1 N–H and O–H groups in total. The van der Waals surface area contributed by atoms with Gasteiger partial charge in [-0.25, -0.2) is 4.57 Å².